The summed E-state index contributed by atoms with van der Waals surface area (Å²) in [5.41, 5.74) is 1.14. The quantitative estimate of drug-likeness (QED) is 0.847. The van der Waals surface area contributed by atoms with E-state index in [1.165, 1.54) is 25.4 Å². The molecule has 6 nitrogen and oxygen atoms in total. The number of aliphatic hydroxyl groups excluding tert-OH is 1. The van der Waals surface area contributed by atoms with Crippen LogP contribution in [-0.4, -0.2) is 57.2 Å². The summed E-state index contributed by atoms with van der Waals surface area (Å²) in [5, 5.41) is 13.4. The molecule has 2 aliphatic rings. The highest BCUT2D eigenvalue weighted by atomic mass is 16.3. The van der Waals surface area contributed by atoms with E-state index in [0.717, 1.165) is 25.9 Å². The van der Waals surface area contributed by atoms with Crippen molar-refractivity contribution in [2.45, 2.75) is 50.8 Å². The van der Waals surface area contributed by atoms with Gasteiger partial charge in [-0.1, -0.05) is 0 Å². The third-order valence-electron chi connectivity index (χ3n) is 4.66. The molecule has 3 atom stereocenters. The summed E-state index contributed by atoms with van der Waals surface area (Å²) in [6, 6.07) is 0.00799. The summed E-state index contributed by atoms with van der Waals surface area (Å²) in [6.45, 7) is 3.91. The van der Waals surface area contributed by atoms with Gasteiger partial charge < -0.3 is 10.4 Å². The molecule has 1 saturated heterocycles. The maximum atomic E-state index is 12.3. The van der Waals surface area contributed by atoms with E-state index in [9.17, 15) is 9.90 Å². The van der Waals surface area contributed by atoms with Crippen LogP contribution in [0.15, 0.2) is 12.5 Å². The van der Waals surface area contributed by atoms with Gasteiger partial charge in [-0.05, 0) is 45.7 Å². The van der Waals surface area contributed by atoms with Crippen molar-refractivity contribution in [1.82, 2.24) is 20.2 Å². The molecular weight excluding hydrogens is 268 g/mol. The van der Waals surface area contributed by atoms with Gasteiger partial charge in [0.05, 0.1) is 23.4 Å². The number of hydrogen-bond acceptors (Lipinski definition) is 5. The maximum Gasteiger partial charge on any atom is 0.255 e. The van der Waals surface area contributed by atoms with Crippen molar-refractivity contribution >= 4 is 5.91 Å². The number of amides is 1. The van der Waals surface area contributed by atoms with E-state index in [1.54, 1.807) is 6.92 Å². The predicted octanol–water partition coefficient (Wildman–Crippen LogP) is 0.503. The van der Waals surface area contributed by atoms with Crippen molar-refractivity contribution in [2.24, 2.45) is 0 Å². The summed E-state index contributed by atoms with van der Waals surface area (Å²) in [4.78, 5) is 22.6. The minimum atomic E-state index is -0.489. The van der Waals surface area contributed by atoms with E-state index in [4.69, 9.17) is 0 Å². The van der Waals surface area contributed by atoms with Crippen LogP contribution in [-0.2, 0) is 0 Å². The molecule has 1 aliphatic carbocycles. The Morgan fingerprint density at radius 1 is 1.38 bits per heavy atom. The lowest BCUT2D eigenvalue weighted by Gasteiger charge is -2.28. The van der Waals surface area contributed by atoms with Crippen LogP contribution in [0, 0.1) is 6.92 Å². The van der Waals surface area contributed by atoms with E-state index in [2.05, 4.69) is 20.2 Å². The van der Waals surface area contributed by atoms with Gasteiger partial charge in [0.15, 0.2) is 0 Å². The predicted molar refractivity (Wildman–Crippen MR) is 77.9 cm³/mol. The first-order valence-electron chi connectivity index (χ1n) is 7.66. The molecule has 0 spiro atoms. The van der Waals surface area contributed by atoms with Gasteiger partial charge >= 0.3 is 0 Å². The highest BCUT2D eigenvalue weighted by Gasteiger charge is 2.39. The lowest BCUT2D eigenvalue weighted by atomic mass is 10.1. The Labute approximate surface area is 124 Å². The average Bonchev–Trinajstić information content (AvgIpc) is 3.10. The van der Waals surface area contributed by atoms with Gasteiger partial charge in [-0.25, -0.2) is 9.97 Å². The molecule has 0 unspecified atom stereocenters. The van der Waals surface area contributed by atoms with Crippen molar-refractivity contribution < 1.29 is 9.90 Å². The first-order valence-corrected chi connectivity index (χ1v) is 7.66. The summed E-state index contributed by atoms with van der Waals surface area (Å²) in [7, 11) is 0. The monoisotopic (exact) mass is 290 g/mol. The number of nitrogens with one attached hydrogen (secondary N) is 1. The highest BCUT2D eigenvalue weighted by molar-refractivity contribution is 5.95. The van der Waals surface area contributed by atoms with Crippen LogP contribution in [0.5, 0.6) is 0 Å². The highest BCUT2D eigenvalue weighted by Crippen LogP contribution is 2.27. The number of likely N-dealkylation sites (tertiary alicyclic amines) is 1. The molecule has 2 heterocycles. The van der Waals surface area contributed by atoms with E-state index >= 15 is 0 Å². The van der Waals surface area contributed by atoms with Crippen LogP contribution in [0.25, 0.3) is 0 Å². The third kappa shape index (κ3) is 2.91. The number of carbonyl (C=O) groups is 1. The third-order valence-corrected chi connectivity index (χ3v) is 4.66. The standard InChI is InChI=1S/C15H22N4O2/c1-10-11(8-16-9-17-10)15(21)18-12-4-5-13(14(12)20)19-6-2-3-7-19/h8-9,12-14,20H,2-7H2,1H3,(H,18,21)/t12-,13-,14-/m1/s1. The Bertz CT molecular complexity index is 516. The fourth-order valence-electron chi connectivity index (χ4n) is 3.45. The largest absolute Gasteiger partial charge is 0.389 e. The molecule has 21 heavy (non-hydrogen) atoms. The summed E-state index contributed by atoms with van der Waals surface area (Å²) < 4.78 is 0. The van der Waals surface area contributed by atoms with Crippen LogP contribution in [0.1, 0.15) is 41.7 Å². The minimum absolute atomic E-state index is 0.178. The van der Waals surface area contributed by atoms with Crippen molar-refractivity contribution in [3.05, 3.63) is 23.8 Å². The average molecular weight is 290 g/mol. The van der Waals surface area contributed by atoms with Crippen molar-refractivity contribution in [3.63, 3.8) is 0 Å². The van der Waals surface area contributed by atoms with Gasteiger partial charge in [-0.15, -0.1) is 0 Å². The van der Waals surface area contributed by atoms with Crippen LogP contribution in [0.4, 0.5) is 0 Å². The smallest absolute Gasteiger partial charge is 0.255 e. The number of aryl methyl sites for hydroxylation is 1. The molecular formula is C15H22N4O2. The molecule has 6 heteroatoms. The summed E-state index contributed by atoms with van der Waals surface area (Å²) in [6.07, 6.45) is 6.65. The van der Waals surface area contributed by atoms with Crippen LogP contribution in [0.2, 0.25) is 0 Å². The van der Waals surface area contributed by atoms with Crippen LogP contribution < -0.4 is 5.32 Å². The fraction of sp³-hybridized carbons (Fsp3) is 0.667. The second-order valence-electron chi connectivity index (χ2n) is 5.98. The fourth-order valence-corrected chi connectivity index (χ4v) is 3.45. The van der Waals surface area contributed by atoms with Crippen molar-refractivity contribution in [3.8, 4) is 0 Å². The zero-order valence-corrected chi connectivity index (χ0v) is 12.3. The molecule has 1 aliphatic heterocycles. The second-order valence-corrected chi connectivity index (χ2v) is 5.98. The Balaban J connectivity index is 1.63. The van der Waals surface area contributed by atoms with E-state index in [1.807, 2.05) is 0 Å². The van der Waals surface area contributed by atoms with Gasteiger partial charge in [0.2, 0.25) is 0 Å². The van der Waals surface area contributed by atoms with Gasteiger partial charge in [0.25, 0.3) is 5.91 Å². The molecule has 1 saturated carbocycles. The number of nitrogens with zero attached hydrogens (tertiary/aromatic N) is 3. The molecule has 2 fully saturated rings. The maximum absolute atomic E-state index is 12.3. The minimum Gasteiger partial charge on any atom is -0.389 e. The molecule has 1 amide bonds. The lowest BCUT2D eigenvalue weighted by molar-refractivity contribution is 0.0619. The Hall–Kier alpha value is -1.53. The molecule has 1 aromatic rings. The zero-order chi connectivity index (χ0) is 14.8. The number of carbonyl (C=O) groups excluding carboxylic acids is 1. The summed E-state index contributed by atoms with van der Waals surface area (Å²) >= 11 is 0. The number of hydrogen-bond donors (Lipinski definition) is 2. The van der Waals surface area contributed by atoms with Crippen molar-refractivity contribution in [1.29, 1.82) is 0 Å². The Morgan fingerprint density at radius 2 is 2.14 bits per heavy atom. The van der Waals surface area contributed by atoms with Gasteiger partial charge in [-0.2, -0.15) is 0 Å². The van der Waals surface area contributed by atoms with Crippen LogP contribution >= 0.6 is 0 Å². The topological polar surface area (TPSA) is 78.4 Å². The SMILES string of the molecule is Cc1ncncc1C(=O)N[C@@H]1CC[C@@H](N2CCCC2)[C@@H]1O. The number of aromatic nitrogens is 2. The molecule has 0 aromatic carbocycles. The number of rotatable bonds is 3. The van der Waals surface area contributed by atoms with E-state index in [0.29, 0.717) is 11.3 Å². The molecule has 1 aromatic heterocycles. The first-order chi connectivity index (χ1) is 10.2. The van der Waals surface area contributed by atoms with Gasteiger partial charge in [0, 0.05) is 12.2 Å². The molecule has 0 bridgehead atoms. The van der Waals surface area contributed by atoms with Crippen molar-refractivity contribution in [2.75, 3.05) is 13.1 Å². The summed E-state index contributed by atoms with van der Waals surface area (Å²) in [5.74, 6) is -0.195. The van der Waals surface area contributed by atoms with Gasteiger partial charge in [0.1, 0.15) is 6.33 Å². The van der Waals surface area contributed by atoms with Crippen LogP contribution in [0.3, 0.4) is 0 Å². The van der Waals surface area contributed by atoms with Gasteiger partial charge in [-0.3, -0.25) is 9.69 Å². The molecule has 3 rings (SSSR count). The molecule has 0 radical (unpaired) electrons. The zero-order valence-electron chi connectivity index (χ0n) is 12.3. The first kappa shape index (κ1) is 14.4. The molecule has 114 valence electrons. The lowest BCUT2D eigenvalue weighted by Crippen LogP contribution is -2.47. The second kappa shape index (κ2) is 6.07. The molecule has 2 N–H and O–H groups in total. The van der Waals surface area contributed by atoms with E-state index < -0.39 is 6.10 Å². The van der Waals surface area contributed by atoms with E-state index in [-0.39, 0.29) is 18.0 Å². The number of aliphatic hydroxyl groups is 1. The Morgan fingerprint density at radius 3 is 2.86 bits per heavy atom. The Kier molecular flexibility index (Phi) is 4.17. The normalized spacial score (nSPS) is 29.7.